The van der Waals surface area contributed by atoms with E-state index in [1.54, 1.807) is 63.2 Å². The molecule has 2 fully saturated rings. The summed E-state index contributed by atoms with van der Waals surface area (Å²) in [5.74, 6) is -1.42. The van der Waals surface area contributed by atoms with Gasteiger partial charge in [-0.3, -0.25) is 28.8 Å². The topological polar surface area (TPSA) is 264 Å². The molecule has 0 bridgehead atoms. The van der Waals surface area contributed by atoms with Crippen molar-refractivity contribution in [1.29, 1.82) is 0 Å². The number of ether oxygens (including phenoxy) is 2. The van der Waals surface area contributed by atoms with E-state index in [-0.39, 0.29) is 107 Å². The number of nitrogens with one attached hydrogen (secondary N) is 6. The first-order valence-electron chi connectivity index (χ1n) is 32.6. The van der Waals surface area contributed by atoms with Crippen LogP contribution in [0.3, 0.4) is 0 Å². The molecule has 6 atom stereocenters. The SMILES string of the molecule is CN[C@@H](C)C(=O)N[C@@H](CCCNC(=S)Nc1ccc2c(c1)C(=O)OC21c2ccc(O)cc2Oc2cc(O)ccc21)C(=O)N1CCC[C@H]1CN(CCc1ccccc1)C(=O)CCCC(=O)N(CCc1ccccc1)C[C@@H]1CCCN1C(=O)[C@@H](NC(=O)[C@H](C)NC)C(C)(C)C. The fourth-order valence-electron chi connectivity index (χ4n) is 12.9. The lowest BCUT2D eigenvalue weighted by Gasteiger charge is -2.37. The van der Waals surface area contributed by atoms with E-state index in [9.17, 15) is 43.8 Å². The quantitative estimate of drug-likeness (QED) is 0.0146. The third-order valence-electron chi connectivity index (χ3n) is 18.3. The largest absolute Gasteiger partial charge is 0.508 e. The molecule has 93 heavy (non-hydrogen) atoms. The fourth-order valence-corrected chi connectivity index (χ4v) is 13.1. The van der Waals surface area contributed by atoms with Crippen LogP contribution in [-0.2, 0) is 51.9 Å². The van der Waals surface area contributed by atoms with Gasteiger partial charge in [-0.25, -0.2) is 4.79 Å². The molecule has 4 aliphatic rings. The summed E-state index contributed by atoms with van der Waals surface area (Å²) in [5.41, 5.74) is 2.44. The molecule has 9 rings (SSSR count). The standard InChI is InChI=1S/C71H90N10O11S/c1-45(72-6)64(86)76-58(24-15-35-74-69(93)75-49-27-30-55-54(40-49)68(90)92-71(55)56-31-28-52(82)41-59(56)91-60-42-53(83)29-32-57(60)71)66(88)80-36-16-22-50(80)43-78(38-33-47-18-10-8-11-19-47)61(84)25-14-26-62(85)79(39-34-48-20-12-9-13-21-48)44-51-23-17-37-81(51)67(89)63(70(3,4)5)77-65(87)46(2)73-7/h8-13,18-21,27-32,40-42,45-46,50-51,58,63,72-73,82-83H,14-17,22-26,33-39,43-44H2,1-7H3,(H,76,86)(H,77,87)(H2,74,75,93)/t45-,46-,50-,51-,58-,63+/m0/s1. The Balaban J connectivity index is 0.837. The van der Waals surface area contributed by atoms with Gasteiger partial charge in [0.2, 0.25) is 35.4 Å². The molecular formula is C71H90N10O11S. The Morgan fingerprint density at radius 3 is 1.69 bits per heavy atom. The Hall–Kier alpha value is -8.60. The van der Waals surface area contributed by atoms with Crippen LogP contribution in [0.1, 0.15) is 131 Å². The van der Waals surface area contributed by atoms with E-state index in [4.69, 9.17) is 21.7 Å². The Bertz CT molecular complexity index is 3460. The van der Waals surface area contributed by atoms with Gasteiger partial charge >= 0.3 is 5.97 Å². The van der Waals surface area contributed by atoms with Gasteiger partial charge in [-0.2, -0.15) is 0 Å². The number of benzene rings is 5. The van der Waals surface area contributed by atoms with E-state index in [0.717, 1.165) is 17.5 Å². The second kappa shape index (κ2) is 30.9. The smallest absolute Gasteiger partial charge is 0.340 e. The molecule has 21 nitrogen and oxygen atoms in total. The number of anilines is 1. The molecule has 2 saturated heterocycles. The Morgan fingerprint density at radius 1 is 0.667 bits per heavy atom. The van der Waals surface area contributed by atoms with Crippen LogP contribution < -0.4 is 36.6 Å². The minimum Gasteiger partial charge on any atom is -0.508 e. The minimum atomic E-state index is -1.43. The van der Waals surface area contributed by atoms with Crippen LogP contribution in [-0.4, -0.2) is 172 Å². The molecule has 6 amide bonds. The highest BCUT2D eigenvalue weighted by molar-refractivity contribution is 7.80. The summed E-state index contributed by atoms with van der Waals surface area (Å²) in [4.78, 5) is 106. The number of amides is 6. The first-order valence-corrected chi connectivity index (χ1v) is 33.0. The molecule has 496 valence electrons. The summed E-state index contributed by atoms with van der Waals surface area (Å²) in [7, 11) is 3.37. The maximum atomic E-state index is 14.9. The summed E-state index contributed by atoms with van der Waals surface area (Å²) >= 11 is 5.73. The molecule has 1 spiro atoms. The first kappa shape index (κ1) is 68.8. The van der Waals surface area contributed by atoms with Crippen molar-refractivity contribution < 1.29 is 53.2 Å². The van der Waals surface area contributed by atoms with Gasteiger partial charge in [0.1, 0.15) is 35.1 Å². The van der Waals surface area contributed by atoms with Gasteiger partial charge in [0.05, 0.1) is 17.6 Å². The molecule has 0 unspecified atom stereocenters. The second-order valence-corrected chi connectivity index (χ2v) is 26.3. The number of esters is 1. The Kier molecular flexibility index (Phi) is 22.8. The number of rotatable bonds is 27. The maximum Gasteiger partial charge on any atom is 0.340 e. The van der Waals surface area contributed by atoms with Crippen molar-refractivity contribution >= 4 is 64.4 Å². The molecular weight excluding hydrogens is 1200 g/mol. The van der Waals surface area contributed by atoms with Crippen molar-refractivity contribution in [3.05, 3.63) is 149 Å². The first-order chi connectivity index (χ1) is 44.6. The van der Waals surface area contributed by atoms with Gasteiger partial charge < -0.3 is 71.2 Å². The number of likely N-dealkylation sites (N-methyl/N-ethyl adjacent to an activating group) is 2. The van der Waals surface area contributed by atoms with Gasteiger partial charge in [0.25, 0.3) is 0 Å². The zero-order chi connectivity index (χ0) is 66.6. The van der Waals surface area contributed by atoms with Gasteiger partial charge in [0.15, 0.2) is 10.7 Å². The second-order valence-electron chi connectivity index (χ2n) is 25.9. The number of fused-ring (bicyclic) bond motifs is 6. The molecule has 5 aromatic rings. The van der Waals surface area contributed by atoms with Crippen LogP contribution in [0.2, 0.25) is 0 Å². The van der Waals surface area contributed by atoms with Crippen molar-refractivity contribution in [2.45, 2.75) is 147 Å². The number of phenols is 2. The summed E-state index contributed by atoms with van der Waals surface area (Å²) in [6.07, 6.45) is 5.19. The number of likely N-dealkylation sites (tertiary alicyclic amines) is 2. The molecule has 0 radical (unpaired) electrons. The molecule has 5 aromatic carbocycles. The molecule has 4 aliphatic heterocycles. The Morgan fingerprint density at radius 2 is 1.17 bits per heavy atom. The average molecular weight is 1290 g/mol. The average Bonchev–Trinajstić information content (AvgIpc) is 1.62. The lowest BCUT2D eigenvalue weighted by molar-refractivity contribution is -0.142. The van der Waals surface area contributed by atoms with E-state index in [1.807, 2.05) is 96.1 Å². The van der Waals surface area contributed by atoms with Crippen molar-refractivity contribution in [2.75, 3.05) is 65.2 Å². The highest BCUT2D eigenvalue weighted by Crippen LogP contribution is 2.57. The number of aromatic hydroxyl groups is 2. The Labute approximate surface area is 550 Å². The lowest BCUT2D eigenvalue weighted by Crippen LogP contribution is -2.59. The van der Waals surface area contributed by atoms with Crippen LogP contribution in [0.25, 0.3) is 0 Å². The predicted molar refractivity (Wildman–Crippen MR) is 359 cm³/mol. The molecule has 22 heteroatoms. The van der Waals surface area contributed by atoms with E-state index in [0.29, 0.717) is 107 Å². The number of hydrogen-bond acceptors (Lipinski definition) is 14. The number of phenolic OH excluding ortho intramolecular Hbond substituents is 2. The van der Waals surface area contributed by atoms with Crippen molar-refractivity contribution in [2.24, 2.45) is 5.41 Å². The minimum absolute atomic E-state index is 0.0496. The van der Waals surface area contributed by atoms with E-state index >= 15 is 0 Å². The van der Waals surface area contributed by atoms with E-state index in [1.165, 1.54) is 24.3 Å². The summed E-state index contributed by atoms with van der Waals surface area (Å²) in [5, 5.41) is 39.2. The zero-order valence-electron chi connectivity index (χ0n) is 54.4. The normalized spacial score (nSPS) is 17.3. The third kappa shape index (κ3) is 16.6. The van der Waals surface area contributed by atoms with Crippen molar-refractivity contribution in [1.82, 2.24) is 46.2 Å². The van der Waals surface area contributed by atoms with Crippen LogP contribution in [0.15, 0.2) is 115 Å². The van der Waals surface area contributed by atoms with Crippen molar-refractivity contribution in [3.8, 4) is 23.0 Å². The van der Waals surface area contributed by atoms with E-state index in [2.05, 4.69) is 31.9 Å². The van der Waals surface area contributed by atoms with Gasteiger partial charge in [-0.15, -0.1) is 0 Å². The monoisotopic (exact) mass is 1290 g/mol. The number of nitrogens with zero attached hydrogens (tertiary/aromatic N) is 4. The summed E-state index contributed by atoms with van der Waals surface area (Å²) < 4.78 is 12.3. The van der Waals surface area contributed by atoms with Gasteiger partial charge in [0, 0.05) is 105 Å². The maximum absolute atomic E-state index is 14.9. The highest BCUT2D eigenvalue weighted by Gasteiger charge is 2.54. The highest BCUT2D eigenvalue weighted by atomic mass is 32.1. The van der Waals surface area contributed by atoms with Crippen LogP contribution >= 0.6 is 12.2 Å². The zero-order valence-corrected chi connectivity index (χ0v) is 55.2. The molecule has 0 aliphatic carbocycles. The third-order valence-corrected chi connectivity index (χ3v) is 18.6. The van der Waals surface area contributed by atoms with Gasteiger partial charge in [-0.05, 0) is 151 Å². The van der Waals surface area contributed by atoms with Crippen LogP contribution in [0.5, 0.6) is 23.0 Å². The van der Waals surface area contributed by atoms with Crippen LogP contribution in [0.4, 0.5) is 5.69 Å². The predicted octanol–water partition coefficient (Wildman–Crippen LogP) is 7.26. The molecule has 8 N–H and O–H groups in total. The summed E-state index contributed by atoms with van der Waals surface area (Å²) in [6, 6.07) is 30.8. The number of thiocarbonyl (C=S) groups is 1. The number of carbonyl (C=O) groups excluding carboxylic acids is 7. The number of carbonyl (C=O) groups is 7. The molecule has 0 saturated carbocycles. The lowest BCUT2D eigenvalue weighted by atomic mass is 9.77. The number of hydrogen-bond donors (Lipinski definition) is 8. The van der Waals surface area contributed by atoms with Gasteiger partial charge in [-0.1, -0.05) is 87.5 Å². The van der Waals surface area contributed by atoms with E-state index < -0.39 is 41.2 Å². The fraction of sp³-hybridized carbons (Fsp3) is 0.465. The molecule has 4 heterocycles. The molecule has 0 aromatic heterocycles. The van der Waals surface area contributed by atoms with Crippen LogP contribution in [0, 0.1) is 5.41 Å². The van der Waals surface area contributed by atoms with Crippen molar-refractivity contribution in [3.63, 3.8) is 0 Å². The summed E-state index contributed by atoms with van der Waals surface area (Å²) in [6.45, 7) is 12.0.